The molecular formula is C13H19NO3. The van der Waals surface area contributed by atoms with Crippen LogP contribution in [0.1, 0.15) is 19.4 Å². The largest absolute Gasteiger partial charge is 0.497 e. The van der Waals surface area contributed by atoms with E-state index in [-0.39, 0.29) is 5.97 Å². The minimum atomic E-state index is -0.857. The van der Waals surface area contributed by atoms with Crippen LogP contribution in [0.2, 0.25) is 0 Å². The number of ether oxygens (including phenoxy) is 2. The van der Waals surface area contributed by atoms with Crippen molar-refractivity contribution in [3.63, 3.8) is 0 Å². The molecule has 0 spiro atoms. The molecule has 0 aliphatic carbocycles. The third-order valence-corrected chi connectivity index (χ3v) is 2.83. The van der Waals surface area contributed by atoms with Crippen LogP contribution in [-0.2, 0) is 15.1 Å². The quantitative estimate of drug-likeness (QED) is 0.792. The lowest BCUT2D eigenvalue weighted by Crippen LogP contribution is -2.45. The molecule has 0 aromatic heterocycles. The van der Waals surface area contributed by atoms with Gasteiger partial charge in [-0.05, 0) is 38.6 Å². The number of rotatable bonds is 5. The van der Waals surface area contributed by atoms with Crippen molar-refractivity contribution < 1.29 is 14.3 Å². The second-order valence-corrected chi connectivity index (χ2v) is 3.83. The Hall–Kier alpha value is -1.55. The zero-order valence-corrected chi connectivity index (χ0v) is 10.7. The Morgan fingerprint density at radius 2 is 2.18 bits per heavy atom. The fourth-order valence-electron chi connectivity index (χ4n) is 1.57. The molecule has 1 aromatic carbocycles. The summed E-state index contributed by atoms with van der Waals surface area (Å²) in [6, 6.07) is 7.39. The second kappa shape index (κ2) is 5.68. The summed E-state index contributed by atoms with van der Waals surface area (Å²) in [5.74, 6) is 0.420. The summed E-state index contributed by atoms with van der Waals surface area (Å²) >= 11 is 0. The Morgan fingerprint density at radius 3 is 2.71 bits per heavy atom. The number of methoxy groups -OCH3 is 1. The molecule has 0 bridgehead atoms. The predicted octanol–water partition coefficient (Wildman–Crippen LogP) is 1.69. The third-order valence-electron chi connectivity index (χ3n) is 2.83. The first kappa shape index (κ1) is 13.5. The van der Waals surface area contributed by atoms with E-state index in [1.165, 1.54) is 0 Å². The van der Waals surface area contributed by atoms with Gasteiger partial charge in [-0.2, -0.15) is 0 Å². The van der Waals surface area contributed by atoms with Crippen LogP contribution in [-0.4, -0.2) is 26.7 Å². The van der Waals surface area contributed by atoms with E-state index in [4.69, 9.17) is 9.47 Å². The first-order valence-corrected chi connectivity index (χ1v) is 5.59. The fourth-order valence-corrected chi connectivity index (χ4v) is 1.57. The van der Waals surface area contributed by atoms with Gasteiger partial charge in [-0.15, -0.1) is 0 Å². The summed E-state index contributed by atoms with van der Waals surface area (Å²) in [5, 5.41) is 3.00. The Bertz CT molecular complexity index is 392. The molecule has 4 nitrogen and oxygen atoms in total. The molecule has 1 unspecified atom stereocenters. The Morgan fingerprint density at radius 1 is 1.47 bits per heavy atom. The number of carbonyl (C=O) groups is 1. The van der Waals surface area contributed by atoms with Crippen LogP contribution in [0.25, 0.3) is 0 Å². The maximum absolute atomic E-state index is 12.0. The molecular weight excluding hydrogens is 218 g/mol. The van der Waals surface area contributed by atoms with E-state index in [1.807, 2.05) is 24.3 Å². The van der Waals surface area contributed by atoms with Gasteiger partial charge >= 0.3 is 5.97 Å². The van der Waals surface area contributed by atoms with Crippen molar-refractivity contribution >= 4 is 5.97 Å². The molecule has 1 rings (SSSR count). The van der Waals surface area contributed by atoms with E-state index in [1.54, 1.807) is 28.0 Å². The first-order valence-electron chi connectivity index (χ1n) is 5.59. The van der Waals surface area contributed by atoms with Gasteiger partial charge in [0.1, 0.15) is 11.3 Å². The van der Waals surface area contributed by atoms with Gasteiger partial charge in [0, 0.05) is 0 Å². The lowest BCUT2D eigenvalue weighted by molar-refractivity contribution is -0.150. The van der Waals surface area contributed by atoms with Crippen molar-refractivity contribution in [3.05, 3.63) is 29.8 Å². The Balaban J connectivity index is 3.10. The molecule has 0 amide bonds. The second-order valence-electron chi connectivity index (χ2n) is 3.83. The number of hydrogen-bond acceptors (Lipinski definition) is 4. The maximum atomic E-state index is 12.0. The molecule has 0 aliphatic rings. The number of carbonyl (C=O) groups excluding carboxylic acids is 1. The predicted molar refractivity (Wildman–Crippen MR) is 66.0 cm³/mol. The van der Waals surface area contributed by atoms with E-state index in [0.717, 1.165) is 5.56 Å². The van der Waals surface area contributed by atoms with Crippen LogP contribution < -0.4 is 10.1 Å². The molecule has 0 aliphatic heterocycles. The van der Waals surface area contributed by atoms with Gasteiger partial charge in [-0.3, -0.25) is 0 Å². The first-order chi connectivity index (χ1) is 8.08. The molecule has 1 aromatic rings. The molecule has 0 radical (unpaired) electrons. The van der Waals surface area contributed by atoms with E-state index in [0.29, 0.717) is 12.4 Å². The zero-order chi connectivity index (χ0) is 12.9. The van der Waals surface area contributed by atoms with Crippen molar-refractivity contribution in [2.24, 2.45) is 0 Å². The van der Waals surface area contributed by atoms with Gasteiger partial charge in [0.15, 0.2) is 0 Å². The molecule has 0 fully saturated rings. The summed E-state index contributed by atoms with van der Waals surface area (Å²) in [7, 11) is 3.33. The fraction of sp³-hybridized carbons (Fsp3) is 0.462. The lowest BCUT2D eigenvalue weighted by atomic mass is 9.92. The standard InChI is InChI=1S/C13H19NO3/c1-5-17-12(15)13(2,14-3)10-7-6-8-11(9-10)16-4/h6-9,14H,5H2,1-4H3. The number of benzene rings is 1. The van der Waals surface area contributed by atoms with Gasteiger partial charge in [0.05, 0.1) is 13.7 Å². The summed E-state index contributed by atoms with van der Waals surface area (Å²) < 4.78 is 10.2. The van der Waals surface area contributed by atoms with Gasteiger partial charge in [-0.25, -0.2) is 4.79 Å². The normalized spacial score (nSPS) is 13.9. The van der Waals surface area contributed by atoms with Crippen molar-refractivity contribution in [2.45, 2.75) is 19.4 Å². The molecule has 1 N–H and O–H groups in total. The average molecular weight is 237 g/mol. The lowest BCUT2D eigenvalue weighted by Gasteiger charge is -2.27. The highest BCUT2D eigenvalue weighted by molar-refractivity contribution is 5.82. The zero-order valence-electron chi connectivity index (χ0n) is 10.7. The minimum absolute atomic E-state index is 0.296. The average Bonchev–Trinajstić information content (AvgIpc) is 2.38. The third kappa shape index (κ3) is 2.77. The molecule has 17 heavy (non-hydrogen) atoms. The van der Waals surface area contributed by atoms with Gasteiger partial charge in [-0.1, -0.05) is 12.1 Å². The Labute approximate surface area is 102 Å². The van der Waals surface area contributed by atoms with Gasteiger partial charge in [0.2, 0.25) is 0 Å². The molecule has 4 heteroatoms. The summed E-state index contributed by atoms with van der Waals surface area (Å²) in [5.41, 5.74) is -0.0392. The number of esters is 1. The van der Waals surface area contributed by atoms with Crippen LogP contribution >= 0.6 is 0 Å². The Kier molecular flexibility index (Phi) is 4.52. The monoisotopic (exact) mass is 237 g/mol. The van der Waals surface area contributed by atoms with Crippen molar-refractivity contribution in [1.82, 2.24) is 5.32 Å². The van der Waals surface area contributed by atoms with Crippen LogP contribution in [0.3, 0.4) is 0 Å². The van der Waals surface area contributed by atoms with Crippen LogP contribution in [0, 0.1) is 0 Å². The summed E-state index contributed by atoms with van der Waals surface area (Å²) in [4.78, 5) is 12.0. The molecule has 1 atom stereocenters. The SMILES string of the molecule is CCOC(=O)C(C)(NC)c1cccc(OC)c1. The van der Waals surface area contributed by atoms with Crippen LogP contribution in [0.4, 0.5) is 0 Å². The van der Waals surface area contributed by atoms with Crippen molar-refractivity contribution in [2.75, 3.05) is 20.8 Å². The smallest absolute Gasteiger partial charge is 0.330 e. The van der Waals surface area contributed by atoms with E-state index < -0.39 is 5.54 Å². The van der Waals surface area contributed by atoms with Crippen molar-refractivity contribution in [3.8, 4) is 5.75 Å². The van der Waals surface area contributed by atoms with Gasteiger partial charge < -0.3 is 14.8 Å². The maximum Gasteiger partial charge on any atom is 0.330 e. The topological polar surface area (TPSA) is 47.6 Å². The minimum Gasteiger partial charge on any atom is -0.497 e. The van der Waals surface area contributed by atoms with E-state index in [9.17, 15) is 4.79 Å². The molecule has 0 saturated carbocycles. The van der Waals surface area contributed by atoms with E-state index in [2.05, 4.69) is 5.32 Å². The highest BCUT2D eigenvalue weighted by atomic mass is 16.5. The number of likely N-dealkylation sites (N-methyl/N-ethyl adjacent to an activating group) is 1. The van der Waals surface area contributed by atoms with E-state index >= 15 is 0 Å². The molecule has 0 heterocycles. The summed E-state index contributed by atoms with van der Waals surface area (Å²) in [6.07, 6.45) is 0. The van der Waals surface area contributed by atoms with Crippen LogP contribution in [0.5, 0.6) is 5.75 Å². The van der Waals surface area contributed by atoms with Gasteiger partial charge in [0.25, 0.3) is 0 Å². The molecule has 0 saturated heterocycles. The highest BCUT2D eigenvalue weighted by Gasteiger charge is 2.35. The highest BCUT2D eigenvalue weighted by Crippen LogP contribution is 2.25. The number of nitrogens with one attached hydrogen (secondary N) is 1. The summed E-state index contributed by atoms with van der Waals surface area (Å²) in [6.45, 7) is 3.94. The van der Waals surface area contributed by atoms with Crippen LogP contribution in [0.15, 0.2) is 24.3 Å². The number of hydrogen-bond donors (Lipinski definition) is 1. The molecule has 94 valence electrons. The van der Waals surface area contributed by atoms with Crippen molar-refractivity contribution in [1.29, 1.82) is 0 Å².